The number of hydrogen-bond donors (Lipinski definition) is 4. The van der Waals surface area contributed by atoms with Gasteiger partial charge in [0.2, 0.25) is 0 Å². The van der Waals surface area contributed by atoms with Crippen molar-refractivity contribution in [3.8, 4) is 16.9 Å². The molecule has 5 N–H and O–H groups in total. The number of aromatic amines is 1. The van der Waals surface area contributed by atoms with Gasteiger partial charge in [-0.05, 0) is 90.0 Å². The van der Waals surface area contributed by atoms with Crippen molar-refractivity contribution < 1.29 is 27.5 Å². The molecule has 6 rings (SSSR count). The van der Waals surface area contributed by atoms with Crippen LogP contribution < -0.4 is 16.0 Å². The molecule has 0 unspecified atom stereocenters. The Morgan fingerprint density at radius 2 is 1.66 bits per heavy atom. The fourth-order valence-corrected chi connectivity index (χ4v) is 5.66. The summed E-state index contributed by atoms with van der Waals surface area (Å²) in [5.41, 5.74) is 7.66. The number of nitrogens with one attached hydrogen (secondary N) is 2. The molecular weight excluding hydrogens is 572 g/mol. The van der Waals surface area contributed by atoms with Crippen LogP contribution in [0.25, 0.3) is 22.0 Å². The highest BCUT2D eigenvalue weighted by Gasteiger charge is 2.33. The maximum Gasteiger partial charge on any atom is 0.416 e. The Morgan fingerprint density at radius 3 is 2.36 bits per heavy atom. The number of phenols is 1. The number of aromatic hydroxyl groups is 1. The molecule has 1 amide bonds. The summed E-state index contributed by atoms with van der Waals surface area (Å²) in [6, 6.07) is 21.8. The number of aromatic nitrogens is 1. The van der Waals surface area contributed by atoms with E-state index in [9.17, 15) is 27.5 Å². The number of piperidine rings is 1. The van der Waals surface area contributed by atoms with E-state index in [-0.39, 0.29) is 28.5 Å². The van der Waals surface area contributed by atoms with Crippen LogP contribution in [0.15, 0.2) is 91.0 Å². The third-order valence-corrected chi connectivity index (χ3v) is 8.07. The predicted molar refractivity (Wildman–Crippen MR) is 162 cm³/mol. The number of benzene rings is 4. The van der Waals surface area contributed by atoms with Gasteiger partial charge in [-0.25, -0.2) is 4.39 Å². The summed E-state index contributed by atoms with van der Waals surface area (Å²) in [4.78, 5) is 19.0. The number of hydrogen-bond acceptors (Lipinski definition) is 4. The maximum atomic E-state index is 14.3. The summed E-state index contributed by atoms with van der Waals surface area (Å²) in [5.74, 6) is -1.76. The minimum absolute atomic E-state index is 0.0476. The molecule has 1 aliphatic rings. The Labute approximate surface area is 251 Å². The van der Waals surface area contributed by atoms with Crippen molar-refractivity contribution in [1.82, 2.24) is 10.3 Å². The van der Waals surface area contributed by atoms with Crippen molar-refractivity contribution in [3.63, 3.8) is 0 Å². The Hall–Kier alpha value is -4.83. The third kappa shape index (κ3) is 6.12. The number of carbonyl (C=O) groups is 1. The molecule has 226 valence electrons. The highest BCUT2D eigenvalue weighted by Crippen LogP contribution is 2.36. The lowest BCUT2D eigenvalue weighted by molar-refractivity contribution is -0.137. The lowest BCUT2D eigenvalue weighted by Crippen LogP contribution is -2.39. The summed E-state index contributed by atoms with van der Waals surface area (Å²) in [6.45, 7) is 1.60. The second-order valence-corrected chi connectivity index (χ2v) is 11.1. The van der Waals surface area contributed by atoms with Crippen LogP contribution >= 0.6 is 0 Å². The first kappa shape index (κ1) is 29.3. The molecule has 0 bridgehead atoms. The molecule has 6 nitrogen and oxygen atoms in total. The first-order valence-corrected chi connectivity index (χ1v) is 14.3. The van der Waals surface area contributed by atoms with Gasteiger partial charge in [0.05, 0.1) is 11.6 Å². The first-order valence-electron chi connectivity index (χ1n) is 14.3. The molecule has 2 heterocycles. The number of nitrogens with zero attached hydrogens (tertiary/aromatic N) is 1. The number of anilines is 1. The average molecular weight is 603 g/mol. The zero-order valence-electron chi connectivity index (χ0n) is 23.5. The Morgan fingerprint density at radius 1 is 0.932 bits per heavy atom. The molecule has 1 atom stereocenters. The van der Waals surface area contributed by atoms with Crippen LogP contribution in [0.2, 0.25) is 0 Å². The molecule has 1 aliphatic heterocycles. The summed E-state index contributed by atoms with van der Waals surface area (Å²) >= 11 is 0. The van der Waals surface area contributed by atoms with Gasteiger partial charge in [0.15, 0.2) is 0 Å². The van der Waals surface area contributed by atoms with E-state index in [2.05, 4.69) is 15.2 Å². The molecule has 0 saturated carbocycles. The average Bonchev–Trinajstić information content (AvgIpc) is 3.45. The Kier molecular flexibility index (Phi) is 7.77. The number of fused-ring (bicyclic) bond motifs is 1. The summed E-state index contributed by atoms with van der Waals surface area (Å²) in [5, 5.41) is 14.1. The molecule has 0 spiro atoms. The van der Waals surface area contributed by atoms with E-state index in [1.165, 1.54) is 6.07 Å². The number of amides is 1. The van der Waals surface area contributed by atoms with E-state index in [0.717, 1.165) is 72.9 Å². The number of rotatable bonds is 6. The van der Waals surface area contributed by atoms with Gasteiger partial charge >= 0.3 is 6.18 Å². The number of H-pyrrole nitrogens is 1. The second-order valence-electron chi connectivity index (χ2n) is 11.1. The van der Waals surface area contributed by atoms with E-state index >= 15 is 0 Å². The molecule has 4 aromatic carbocycles. The van der Waals surface area contributed by atoms with Crippen molar-refractivity contribution in [2.75, 3.05) is 18.0 Å². The van der Waals surface area contributed by atoms with Gasteiger partial charge in [0, 0.05) is 47.2 Å². The zero-order valence-corrected chi connectivity index (χ0v) is 23.5. The van der Waals surface area contributed by atoms with Crippen LogP contribution in [0.3, 0.4) is 0 Å². The van der Waals surface area contributed by atoms with E-state index in [1.807, 2.05) is 36.4 Å². The molecule has 0 radical (unpaired) electrons. The highest BCUT2D eigenvalue weighted by molar-refractivity contribution is 5.96. The van der Waals surface area contributed by atoms with E-state index < -0.39 is 29.5 Å². The van der Waals surface area contributed by atoms with E-state index in [0.29, 0.717) is 11.3 Å². The van der Waals surface area contributed by atoms with Crippen LogP contribution in [-0.4, -0.2) is 35.1 Å². The van der Waals surface area contributed by atoms with Gasteiger partial charge in [0.25, 0.3) is 5.91 Å². The number of para-hydroxylation sites is 1. The monoisotopic (exact) mass is 602 g/mol. The van der Waals surface area contributed by atoms with Crippen molar-refractivity contribution in [2.24, 2.45) is 5.73 Å². The summed E-state index contributed by atoms with van der Waals surface area (Å²) in [6.07, 6.45) is -2.99. The molecule has 5 aromatic rings. The fourth-order valence-electron chi connectivity index (χ4n) is 5.66. The largest absolute Gasteiger partial charge is 0.508 e. The maximum absolute atomic E-state index is 14.3. The molecule has 1 saturated heterocycles. The van der Waals surface area contributed by atoms with Gasteiger partial charge in [-0.15, -0.1) is 0 Å². The molecule has 0 aliphatic carbocycles. The SMILES string of the molecule is NC1CCN(c2ccc(-c3cc(C(=O)N[C@@H](c4cc5ccccc5[nH]4)c4cc(F)ccc4O)cc(C(F)(F)F)c3)cc2)CC1. The summed E-state index contributed by atoms with van der Waals surface area (Å²) in [7, 11) is 0. The molecule has 10 heteroatoms. The lowest BCUT2D eigenvalue weighted by Gasteiger charge is -2.32. The number of carbonyl (C=O) groups excluding carboxylic acids is 1. The summed E-state index contributed by atoms with van der Waals surface area (Å²) < 4.78 is 56.4. The van der Waals surface area contributed by atoms with Gasteiger partial charge in [0.1, 0.15) is 11.6 Å². The van der Waals surface area contributed by atoms with Crippen molar-refractivity contribution in [2.45, 2.75) is 31.1 Å². The standard InChI is InChI=1S/C34H30F4N4O2/c35-25-7-10-31(43)28(19-25)32(30-18-21-3-1-2-4-29(21)40-30)41-33(44)23-15-22(16-24(17-23)34(36,37)38)20-5-8-27(9-6-20)42-13-11-26(39)12-14-42/h1-10,15-19,26,32,40,43H,11-14,39H2,(H,41,44)/t32-/m1/s1. The number of phenolic OH excluding ortho intramolecular Hbond substituents is 1. The van der Waals surface area contributed by atoms with E-state index in [1.54, 1.807) is 18.2 Å². The molecule has 44 heavy (non-hydrogen) atoms. The van der Waals surface area contributed by atoms with Gasteiger partial charge in [-0.2, -0.15) is 13.2 Å². The quantitative estimate of drug-likeness (QED) is 0.155. The normalized spacial score (nSPS) is 15.0. The van der Waals surface area contributed by atoms with Crippen molar-refractivity contribution in [1.29, 1.82) is 0 Å². The minimum atomic E-state index is -4.71. The fraction of sp³-hybridized carbons (Fsp3) is 0.206. The minimum Gasteiger partial charge on any atom is -0.508 e. The lowest BCUT2D eigenvalue weighted by atomic mass is 9.97. The van der Waals surface area contributed by atoms with E-state index in [4.69, 9.17) is 5.73 Å². The van der Waals surface area contributed by atoms with Gasteiger partial charge < -0.3 is 26.0 Å². The first-order chi connectivity index (χ1) is 21.0. The molecule has 1 aromatic heterocycles. The van der Waals surface area contributed by atoms with Crippen LogP contribution in [0, 0.1) is 5.82 Å². The van der Waals surface area contributed by atoms with Crippen LogP contribution in [0.4, 0.5) is 23.2 Å². The Bertz CT molecular complexity index is 1780. The number of nitrogens with two attached hydrogens (primary N) is 1. The number of alkyl halides is 3. The van der Waals surface area contributed by atoms with Crippen LogP contribution in [0.1, 0.15) is 46.1 Å². The van der Waals surface area contributed by atoms with Crippen molar-refractivity contribution in [3.05, 3.63) is 119 Å². The zero-order chi connectivity index (χ0) is 31.0. The molecule has 1 fully saturated rings. The Balaban J connectivity index is 1.36. The second kappa shape index (κ2) is 11.7. The predicted octanol–water partition coefficient (Wildman–Crippen LogP) is 7.15. The topological polar surface area (TPSA) is 94.4 Å². The van der Waals surface area contributed by atoms with Crippen LogP contribution in [0.5, 0.6) is 5.75 Å². The number of halogens is 4. The third-order valence-electron chi connectivity index (χ3n) is 8.07. The van der Waals surface area contributed by atoms with Gasteiger partial charge in [-0.1, -0.05) is 30.3 Å². The van der Waals surface area contributed by atoms with Crippen molar-refractivity contribution >= 4 is 22.5 Å². The van der Waals surface area contributed by atoms with Crippen LogP contribution in [-0.2, 0) is 6.18 Å². The smallest absolute Gasteiger partial charge is 0.416 e. The highest BCUT2D eigenvalue weighted by atomic mass is 19.4. The molecular formula is C34H30F4N4O2. The van der Waals surface area contributed by atoms with Gasteiger partial charge in [-0.3, -0.25) is 4.79 Å².